The SMILES string of the molecule is CCCCC(=O)N(CC(N)=O)C1CCNCC1. The van der Waals surface area contributed by atoms with E-state index in [9.17, 15) is 9.59 Å². The summed E-state index contributed by atoms with van der Waals surface area (Å²) >= 11 is 0. The van der Waals surface area contributed by atoms with Crippen LogP contribution < -0.4 is 11.1 Å². The third-order valence-corrected chi connectivity index (χ3v) is 3.14. The Morgan fingerprint density at radius 1 is 1.35 bits per heavy atom. The Balaban J connectivity index is 2.57. The number of primary amides is 1. The van der Waals surface area contributed by atoms with Crippen LogP contribution in [-0.4, -0.2) is 42.4 Å². The van der Waals surface area contributed by atoms with E-state index in [1.54, 1.807) is 4.90 Å². The van der Waals surface area contributed by atoms with E-state index in [0.29, 0.717) is 6.42 Å². The summed E-state index contributed by atoms with van der Waals surface area (Å²) in [5, 5.41) is 3.25. The van der Waals surface area contributed by atoms with Gasteiger partial charge >= 0.3 is 0 Å². The molecule has 0 aromatic carbocycles. The lowest BCUT2D eigenvalue weighted by Crippen LogP contribution is -2.49. The molecule has 5 nitrogen and oxygen atoms in total. The number of carbonyl (C=O) groups excluding carboxylic acids is 2. The zero-order valence-electron chi connectivity index (χ0n) is 10.6. The molecule has 17 heavy (non-hydrogen) atoms. The number of hydrogen-bond donors (Lipinski definition) is 2. The van der Waals surface area contributed by atoms with E-state index < -0.39 is 5.91 Å². The first-order chi connectivity index (χ1) is 8.15. The molecule has 1 fully saturated rings. The van der Waals surface area contributed by atoms with Crippen molar-refractivity contribution in [3.05, 3.63) is 0 Å². The van der Waals surface area contributed by atoms with Gasteiger partial charge in [-0.15, -0.1) is 0 Å². The average molecular weight is 241 g/mol. The number of nitrogens with one attached hydrogen (secondary N) is 1. The highest BCUT2D eigenvalue weighted by molar-refractivity contribution is 5.84. The van der Waals surface area contributed by atoms with Gasteiger partial charge in [-0.2, -0.15) is 0 Å². The monoisotopic (exact) mass is 241 g/mol. The summed E-state index contributed by atoms with van der Waals surface area (Å²) in [5.41, 5.74) is 5.22. The summed E-state index contributed by atoms with van der Waals surface area (Å²) in [6.45, 7) is 3.92. The molecule has 0 atom stereocenters. The van der Waals surface area contributed by atoms with Crippen molar-refractivity contribution in [3.8, 4) is 0 Å². The van der Waals surface area contributed by atoms with Crippen LogP contribution in [0, 0.1) is 0 Å². The first kappa shape index (κ1) is 14.0. The summed E-state index contributed by atoms with van der Waals surface area (Å²) in [6, 6.07) is 0.174. The second-order valence-electron chi connectivity index (χ2n) is 4.57. The number of rotatable bonds is 6. The molecule has 0 bridgehead atoms. The molecule has 0 spiro atoms. The Labute approximate surface area is 103 Å². The van der Waals surface area contributed by atoms with Gasteiger partial charge in [-0.3, -0.25) is 9.59 Å². The molecule has 1 aliphatic rings. The molecule has 98 valence electrons. The molecule has 1 saturated heterocycles. The van der Waals surface area contributed by atoms with E-state index in [1.807, 2.05) is 0 Å². The van der Waals surface area contributed by atoms with Crippen molar-refractivity contribution < 1.29 is 9.59 Å². The van der Waals surface area contributed by atoms with Crippen LogP contribution in [0.5, 0.6) is 0 Å². The molecule has 0 unspecified atom stereocenters. The molecule has 0 aliphatic carbocycles. The van der Waals surface area contributed by atoms with E-state index >= 15 is 0 Å². The van der Waals surface area contributed by atoms with Gasteiger partial charge in [-0.05, 0) is 32.4 Å². The number of amides is 2. The van der Waals surface area contributed by atoms with E-state index in [0.717, 1.165) is 38.8 Å². The van der Waals surface area contributed by atoms with Crippen molar-refractivity contribution in [1.82, 2.24) is 10.2 Å². The Morgan fingerprint density at radius 2 is 2.00 bits per heavy atom. The molecule has 0 aromatic rings. The highest BCUT2D eigenvalue weighted by Crippen LogP contribution is 2.14. The smallest absolute Gasteiger partial charge is 0.237 e. The Morgan fingerprint density at radius 3 is 2.53 bits per heavy atom. The van der Waals surface area contributed by atoms with Crippen LogP contribution >= 0.6 is 0 Å². The molecule has 0 saturated carbocycles. The van der Waals surface area contributed by atoms with Gasteiger partial charge in [0.05, 0.1) is 6.54 Å². The zero-order valence-corrected chi connectivity index (χ0v) is 10.6. The minimum atomic E-state index is -0.423. The predicted octanol–water partition coefficient (Wildman–Crippen LogP) is 0.243. The molecule has 0 radical (unpaired) electrons. The zero-order chi connectivity index (χ0) is 12.7. The third kappa shape index (κ3) is 4.73. The summed E-state index contributed by atoms with van der Waals surface area (Å²) < 4.78 is 0. The van der Waals surface area contributed by atoms with Crippen molar-refractivity contribution in [2.75, 3.05) is 19.6 Å². The molecule has 0 aromatic heterocycles. The second-order valence-corrected chi connectivity index (χ2v) is 4.57. The van der Waals surface area contributed by atoms with Gasteiger partial charge in [0.1, 0.15) is 0 Å². The lowest BCUT2D eigenvalue weighted by molar-refractivity contribution is -0.138. The molecule has 3 N–H and O–H groups in total. The molecule has 2 amide bonds. The largest absolute Gasteiger partial charge is 0.368 e. The highest BCUT2D eigenvalue weighted by Gasteiger charge is 2.25. The predicted molar refractivity (Wildman–Crippen MR) is 66.3 cm³/mol. The Bertz CT molecular complexity index is 262. The normalized spacial score (nSPS) is 16.8. The lowest BCUT2D eigenvalue weighted by Gasteiger charge is -2.34. The van der Waals surface area contributed by atoms with Crippen LogP contribution in [0.3, 0.4) is 0 Å². The molecular formula is C12H23N3O2. The van der Waals surface area contributed by atoms with E-state index in [4.69, 9.17) is 5.73 Å². The van der Waals surface area contributed by atoms with E-state index in [-0.39, 0.29) is 18.5 Å². The van der Waals surface area contributed by atoms with Crippen LogP contribution in [0.15, 0.2) is 0 Å². The van der Waals surface area contributed by atoms with Crippen molar-refractivity contribution >= 4 is 11.8 Å². The van der Waals surface area contributed by atoms with Crippen LogP contribution in [0.25, 0.3) is 0 Å². The quantitative estimate of drug-likeness (QED) is 0.699. The van der Waals surface area contributed by atoms with Crippen molar-refractivity contribution in [2.24, 2.45) is 5.73 Å². The molecule has 1 aliphatic heterocycles. The topological polar surface area (TPSA) is 75.4 Å². The van der Waals surface area contributed by atoms with Gasteiger partial charge in [-0.25, -0.2) is 0 Å². The highest BCUT2D eigenvalue weighted by atomic mass is 16.2. The van der Waals surface area contributed by atoms with Crippen molar-refractivity contribution in [2.45, 2.75) is 45.1 Å². The number of piperidine rings is 1. The average Bonchev–Trinajstić information content (AvgIpc) is 2.34. The van der Waals surface area contributed by atoms with Crippen LogP contribution in [0.4, 0.5) is 0 Å². The van der Waals surface area contributed by atoms with E-state index in [2.05, 4.69) is 12.2 Å². The third-order valence-electron chi connectivity index (χ3n) is 3.14. The second kappa shape index (κ2) is 7.27. The first-order valence-electron chi connectivity index (χ1n) is 6.43. The van der Waals surface area contributed by atoms with Gasteiger partial charge < -0.3 is 16.0 Å². The van der Waals surface area contributed by atoms with Gasteiger partial charge in [0, 0.05) is 12.5 Å². The fourth-order valence-electron chi connectivity index (χ4n) is 2.18. The number of nitrogens with zero attached hydrogens (tertiary/aromatic N) is 1. The van der Waals surface area contributed by atoms with Gasteiger partial charge in [0.25, 0.3) is 0 Å². The summed E-state index contributed by atoms with van der Waals surface area (Å²) in [5.74, 6) is -0.356. The Hall–Kier alpha value is -1.10. The van der Waals surface area contributed by atoms with E-state index in [1.165, 1.54) is 0 Å². The number of hydrogen-bond acceptors (Lipinski definition) is 3. The number of nitrogens with two attached hydrogens (primary N) is 1. The summed E-state index contributed by atoms with van der Waals surface area (Å²) in [7, 11) is 0. The van der Waals surface area contributed by atoms with Crippen LogP contribution in [-0.2, 0) is 9.59 Å². The van der Waals surface area contributed by atoms with Crippen molar-refractivity contribution in [3.63, 3.8) is 0 Å². The maximum Gasteiger partial charge on any atom is 0.237 e. The molecule has 1 rings (SSSR count). The number of carbonyl (C=O) groups is 2. The lowest BCUT2D eigenvalue weighted by atomic mass is 10.0. The minimum absolute atomic E-state index is 0.0627. The van der Waals surface area contributed by atoms with Crippen LogP contribution in [0.2, 0.25) is 0 Å². The van der Waals surface area contributed by atoms with Gasteiger partial charge in [0.15, 0.2) is 0 Å². The van der Waals surface area contributed by atoms with Crippen molar-refractivity contribution in [1.29, 1.82) is 0 Å². The maximum absolute atomic E-state index is 12.0. The molecule has 1 heterocycles. The first-order valence-corrected chi connectivity index (χ1v) is 6.43. The fourth-order valence-corrected chi connectivity index (χ4v) is 2.18. The summed E-state index contributed by atoms with van der Waals surface area (Å²) in [6.07, 6.45) is 4.20. The minimum Gasteiger partial charge on any atom is -0.368 e. The number of unbranched alkanes of at least 4 members (excludes halogenated alkanes) is 1. The van der Waals surface area contributed by atoms with Crippen LogP contribution in [0.1, 0.15) is 39.0 Å². The summed E-state index contributed by atoms with van der Waals surface area (Å²) in [4.78, 5) is 24.8. The standard InChI is InChI=1S/C12H23N3O2/c1-2-3-4-12(17)15(9-11(13)16)10-5-7-14-8-6-10/h10,14H,2-9H2,1H3,(H2,13,16). The maximum atomic E-state index is 12.0. The van der Waals surface area contributed by atoms with Gasteiger partial charge in [0.2, 0.25) is 11.8 Å². The molecular weight excluding hydrogens is 218 g/mol. The Kier molecular flexibility index (Phi) is 5.97. The fraction of sp³-hybridized carbons (Fsp3) is 0.833. The molecule has 5 heteroatoms. The van der Waals surface area contributed by atoms with Gasteiger partial charge in [-0.1, -0.05) is 13.3 Å².